The Labute approximate surface area is 109 Å². The third kappa shape index (κ3) is 3.06. The second-order valence-corrected chi connectivity index (χ2v) is 5.78. The number of fused-ring (bicyclic) bond motifs is 1. The smallest absolute Gasteiger partial charge is 0.313 e. The van der Waals surface area contributed by atoms with Crippen molar-refractivity contribution in [3.63, 3.8) is 0 Å². The summed E-state index contributed by atoms with van der Waals surface area (Å²) in [6.07, 6.45) is -1.97. The van der Waals surface area contributed by atoms with Gasteiger partial charge in [-0.2, -0.15) is 13.2 Å². The van der Waals surface area contributed by atoms with Gasteiger partial charge in [0.15, 0.2) is 0 Å². The van der Waals surface area contributed by atoms with Crippen LogP contribution in [0.5, 0.6) is 0 Å². The molecule has 1 atom stereocenters. The molecule has 0 aliphatic heterocycles. The molecule has 0 spiro atoms. The molecule has 0 saturated carbocycles. The van der Waals surface area contributed by atoms with Gasteiger partial charge in [-0.05, 0) is 48.7 Å². The van der Waals surface area contributed by atoms with E-state index in [0.29, 0.717) is 6.42 Å². The van der Waals surface area contributed by atoms with Crippen molar-refractivity contribution in [2.75, 3.05) is 6.54 Å². The molecule has 0 aromatic carbocycles. The van der Waals surface area contributed by atoms with Crippen molar-refractivity contribution in [3.05, 3.63) is 21.4 Å². The molecule has 1 aromatic heterocycles. The molecule has 18 heavy (non-hydrogen) atoms. The second-order valence-electron chi connectivity index (χ2n) is 4.82. The number of nitrogens with one attached hydrogen (secondary N) is 1. The zero-order chi connectivity index (χ0) is 13.2. The summed E-state index contributed by atoms with van der Waals surface area (Å²) < 4.78 is 38.0. The van der Waals surface area contributed by atoms with Gasteiger partial charge in [0, 0.05) is 11.4 Å². The van der Waals surface area contributed by atoms with E-state index in [2.05, 4.69) is 12.2 Å². The van der Waals surface area contributed by atoms with Crippen LogP contribution < -0.4 is 5.32 Å². The van der Waals surface area contributed by atoms with Gasteiger partial charge in [0.05, 0.1) is 5.92 Å². The summed E-state index contributed by atoms with van der Waals surface area (Å²) in [6, 6.07) is 0. The third-order valence-corrected chi connectivity index (χ3v) is 4.55. The van der Waals surface area contributed by atoms with Crippen molar-refractivity contribution >= 4 is 11.3 Å². The number of hydrogen-bond acceptors (Lipinski definition) is 2. The van der Waals surface area contributed by atoms with Crippen molar-refractivity contribution in [1.29, 1.82) is 0 Å². The molecule has 1 aromatic rings. The highest BCUT2D eigenvalue weighted by atomic mass is 32.1. The molecule has 1 heterocycles. The van der Waals surface area contributed by atoms with Gasteiger partial charge >= 0.3 is 6.18 Å². The van der Waals surface area contributed by atoms with Crippen LogP contribution in [-0.4, -0.2) is 12.7 Å². The number of thiophene rings is 1. The minimum atomic E-state index is -4.04. The van der Waals surface area contributed by atoms with Crippen LogP contribution in [0, 0.1) is 5.92 Å². The van der Waals surface area contributed by atoms with E-state index >= 15 is 0 Å². The molecule has 1 aliphatic carbocycles. The number of halogens is 3. The molecule has 2 rings (SSSR count). The van der Waals surface area contributed by atoms with Gasteiger partial charge < -0.3 is 5.32 Å². The van der Waals surface area contributed by atoms with E-state index in [0.717, 1.165) is 24.4 Å². The van der Waals surface area contributed by atoms with E-state index in [1.165, 1.54) is 22.5 Å². The average Bonchev–Trinajstić information content (AvgIpc) is 2.71. The van der Waals surface area contributed by atoms with Gasteiger partial charge in [0.1, 0.15) is 0 Å². The highest BCUT2D eigenvalue weighted by Gasteiger charge is 2.41. The normalized spacial score (nSPS) is 19.9. The lowest BCUT2D eigenvalue weighted by Gasteiger charge is -2.25. The molecule has 1 unspecified atom stereocenters. The molecular formula is C13H18F3NS. The summed E-state index contributed by atoms with van der Waals surface area (Å²) in [5.41, 5.74) is 2.37. The topological polar surface area (TPSA) is 12.0 Å². The van der Waals surface area contributed by atoms with Crippen LogP contribution in [0.4, 0.5) is 13.2 Å². The molecule has 0 fully saturated rings. The Morgan fingerprint density at radius 3 is 2.89 bits per heavy atom. The number of rotatable bonds is 4. The molecule has 0 radical (unpaired) electrons. The summed E-state index contributed by atoms with van der Waals surface area (Å²) in [5.74, 6) is -1.14. The number of hydrogen-bond donors (Lipinski definition) is 1. The first-order valence-electron chi connectivity index (χ1n) is 6.38. The fraction of sp³-hybridized carbons (Fsp3) is 0.692. The molecular weight excluding hydrogens is 259 g/mol. The van der Waals surface area contributed by atoms with Gasteiger partial charge in [-0.15, -0.1) is 11.3 Å². The lowest BCUT2D eigenvalue weighted by molar-refractivity contribution is -0.176. The average molecular weight is 277 g/mol. The Kier molecular flexibility index (Phi) is 4.33. The van der Waals surface area contributed by atoms with Crippen LogP contribution in [0.25, 0.3) is 0 Å². The lowest BCUT2D eigenvalue weighted by atomic mass is 9.87. The SMILES string of the molecule is CCCNCc1csc2c1CCC(C(F)(F)F)C2. The van der Waals surface area contributed by atoms with E-state index in [1.54, 1.807) is 0 Å². The van der Waals surface area contributed by atoms with Gasteiger partial charge in [0.25, 0.3) is 0 Å². The first-order valence-corrected chi connectivity index (χ1v) is 7.26. The van der Waals surface area contributed by atoms with E-state index in [-0.39, 0.29) is 12.8 Å². The summed E-state index contributed by atoms with van der Waals surface area (Å²) in [7, 11) is 0. The molecule has 102 valence electrons. The summed E-state index contributed by atoms with van der Waals surface area (Å²) in [4.78, 5) is 0.942. The first kappa shape index (κ1) is 13.9. The van der Waals surface area contributed by atoms with Gasteiger partial charge in [-0.25, -0.2) is 0 Å². The second kappa shape index (κ2) is 5.61. The molecule has 0 saturated heterocycles. The molecule has 1 nitrogen and oxygen atoms in total. The fourth-order valence-corrected chi connectivity index (χ4v) is 3.59. The monoisotopic (exact) mass is 277 g/mol. The maximum atomic E-state index is 12.7. The first-order chi connectivity index (χ1) is 8.52. The van der Waals surface area contributed by atoms with Crippen molar-refractivity contribution in [2.45, 2.75) is 45.3 Å². The summed E-state index contributed by atoms with van der Waals surface area (Å²) in [6.45, 7) is 3.84. The molecule has 1 N–H and O–H groups in total. The lowest BCUT2D eigenvalue weighted by Crippen LogP contribution is -2.28. The van der Waals surface area contributed by atoms with Crippen LogP contribution in [-0.2, 0) is 19.4 Å². The summed E-state index contributed by atoms with van der Waals surface area (Å²) in [5, 5.41) is 5.33. The predicted octanol–water partition coefficient (Wildman–Crippen LogP) is 3.91. The largest absolute Gasteiger partial charge is 0.392 e. The van der Waals surface area contributed by atoms with Gasteiger partial charge in [-0.1, -0.05) is 6.92 Å². The Balaban J connectivity index is 2.03. The minimum Gasteiger partial charge on any atom is -0.313 e. The standard InChI is InChI=1S/C13H18F3NS/c1-2-5-17-7-9-8-18-12-6-10(13(14,15)16)3-4-11(9)12/h8,10,17H,2-7H2,1H3. The Morgan fingerprint density at radius 1 is 1.44 bits per heavy atom. The Bertz CT molecular complexity index is 397. The number of alkyl halides is 3. The maximum Gasteiger partial charge on any atom is 0.392 e. The van der Waals surface area contributed by atoms with E-state index in [4.69, 9.17) is 0 Å². The predicted molar refractivity (Wildman–Crippen MR) is 67.9 cm³/mol. The van der Waals surface area contributed by atoms with Crippen LogP contribution in [0.15, 0.2) is 5.38 Å². The third-order valence-electron chi connectivity index (χ3n) is 3.45. The van der Waals surface area contributed by atoms with Crippen molar-refractivity contribution in [3.8, 4) is 0 Å². The van der Waals surface area contributed by atoms with E-state index in [1.807, 2.05) is 5.38 Å². The van der Waals surface area contributed by atoms with Gasteiger partial charge in [0.2, 0.25) is 0 Å². The Hall–Kier alpha value is -0.550. The summed E-state index contributed by atoms with van der Waals surface area (Å²) >= 11 is 1.49. The highest BCUT2D eigenvalue weighted by Crippen LogP contribution is 2.40. The van der Waals surface area contributed by atoms with Crippen LogP contribution in [0.2, 0.25) is 0 Å². The highest BCUT2D eigenvalue weighted by molar-refractivity contribution is 7.10. The zero-order valence-electron chi connectivity index (χ0n) is 10.4. The minimum absolute atomic E-state index is 0.178. The molecule has 1 aliphatic rings. The van der Waals surface area contributed by atoms with Crippen molar-refractivity contribution in [2.24, 2.45) is 5.92 Å². The molecule has 0 amide bonds. The Morgan fingerprint density at radius 2 is 2.22 bits per heavy atom. The van der Waals surface area contributed by atoms with E-state index in [9.17, 15) is 13.2 Å². The molecule has 0 bridgehead atoms. The maximum absolute atomic E-state index is 12.7. The quantitative estimate of drug-likeness (QED) is 0.823. The van der Waals surface area contributed by atoms with Crippen LogP contribution >= 0.6 is 11.3 Å². The zero-order valence-corrected chi connectivity index (χ0v) is 11.3. The van der Waals surface area contributed by atoms with E-state index < -0.39 is 12.1 Å². The van der Waals surface area contributed by atoms with Gasteiger partial charge in [-0.3, -0.25) is 0 Å². The molecule has 5 heteroatoms. The fourth-order valence-electron chi connectivity index (χ4n) is 2.41. The van der Waals surface area contributed by atoms with Crippen LogP contribution in [0.1, 0.15) is 35.8 Å². The van der Waals surface area contributed by atoms with Crippen molar-refractivity contribution in [1.82, 2.24) is 5.32 Å². The van der Waals surface area contributed by atoms with Crippen LogP contribution in [0.3, 0.4) is 0 Å². The van der Waals surface area contributed by atoms with Crippen molar-refractivity contribution < 1.29 is 13.2 Å².